The van der Waals surface area contributed by atoms with Crippen LogP contribution in [0.25, 0.3) is 0 Å². The number of nitrogens with two attached hydrogens (primary N) is 2. The van der Waals surface area contributed by atoms with Crippen LogP contribution < -0.4 is 11.5 Å². The van der Waals surface area contributed by atoms with Crippen molar-refractivity contribution in [2.75, 3.05) is 13.1 Å². The zero-order chi connectivity index (χ0) is 10.6. The highest BCUT2D eigenvalue weighted by Crippen LogP contribution is 1.98. The van der Waals surface area contributed by atoms with Gasteiger partial charge in [-0.15, -0.1) is 0 Å². The molecule has 0 saturated heterocycles. The average molecular weight is 196 g/mol. The standard InChI is InChI=1S/C8H8O2.C2H8N2/c9-7-10-6-8-4-2-1-3-5-8;3-1-2-4/h1-5,7H,6H2;1-4H2. The molecule has 0 amide bonds. The number of hydrogen-bond acceptors (Lipinski definition) is 4. The molecular formula is C10H16N2O2. The maximum absolute atomic E-state index is 9.76. The highest BCUT2D eigenvalue weighted by Gasteiger charge is 1.87. The van der Waals surface area contributed by atoms with Gasteiger partial charge in [-0.25, -0.2) is 0 Å². The number of carbonyl (C=O) groups is 1. The summed E-state index contributed by atoms with van der Waals surface area (Å²) in [6.45, 7) is 2.01. The number of carbonyl (C=O) groups excluding carboxylic acids is 1. The van der Waals surface area contributed by atoms with Gasteiger partial charge in [-0.2, -0.15) is 0 Å². The second-order valence-corrected chi connectivity index (χ2v) is 2.47. The van der Waals surface area contributed by atoms with E-state index in [0.717, 1.165) is 5.56 Å². The van der Waals surface area contributed by atoms with E-state index in [1.165, 1.54) is 0 Å². The van der Waals surface area contributed by atoms with Crippen LogP contribution in [0.5, 0.6) is 0 Å². The Bertz CT molecular complexity index is 225. The third-order valence-corrected chi connectivity index (χ3v) is 1.33. The quantitative estimate of drug-likeness (QED) is 0.677. The second kappa shape index (κ2) is 9.70. The fourth-order valence-corrected chi connectivity index (χ4v) is 0.704. The molecule has 1 aromatic rings. The Balaban J connectivity index is 0.000000364. The van der Waals surface area contributed by atoms with Crippen LogP contribution in [0, 0.1) is 0 Å². The van der Waals surface area contributed by atoms with E-state index in [9.17, 15) is 4.79 Å². The maximum Gasteiger partial charge on any atom is 0.293 e. The Hall–Kier alpha value is -1.39. The molecule has 0 heterocycles. The first-order chi connectivity index (χ1) is 6.85. The van der Waals surface area contributed by atoms with Gasteiger partial charge in [-0.3, -0.25) is 4.79 Å². The summed E-state index contributed by atoms with van der Waals surface area (Å²) in [5.74, 6) is 0. The van der Waals surface area contributed by atoms with E-state index in [1.54, 1.807) is 0 Å². The van der Waals surface area contributed by atoms with Crippen molar-refractivity contribution < 1.29 is 9.53 Å². The van der Waals surface area contributed by atoms with Crippen LogP contribution in [0.4, 0.5) is 0 Å². The molecule has 78 valence electrons. The topological polar surface area (TPSA) is 78.3 Å². The Morgan fingerprint density at radius 1 is 1.14 bits per heavy atom. The highest BCUT2D eigenvalue weighted by atomic mass is 16.5. The van der Waals surface area contributed by atoms with Gasteiger partial charge in [0.1, 0.15) is 6.61 Å². The molecule has 0 aromatic heterocycles. The molecule has 14 heavy (non-hydrogen) atoms. The molecule has 0 radical (unpaired) electrons. The van der Waals surface area contributed by atoms with Crippen molar-refractivity contribution in [3.05, 3.63) is 35.9 Å². The first-order valence-corrected chi connectivity index (χ1v) is 4.34. The van der Waals surface area contributed by atoms with Gasteiger partial charge in [0.05, 0.1) is 0 Å². The molecule has 0 fully saturated rings. The van der Waals surface area contributed by atoms with Crippen molar-refractivity contribution in [1.82, 2.24) is 0 Å². The van der Waals surface area contributed by atoms with Crippen LogP contribution in [-0.2, 0) is 16.1 Å². The Morgan fingerprint density at radius 3 is 2.14 bits per heavy atom. The van der Waals surface area contributed by atoms with Gasteiger partial charge in [0.15, 0.2) is 0 Å². The lowest BCUT2D eigenvalue weighted by Crippen LogP contribution is -2.11. The van der Waals surface area contributed by atoms with Crippen LogP contribution in [0.15, 0.2) is 30.3 Å². The summed E-state index contributed by atoms with van der Waals surface area (Å²) in [4.78, 5) is 9.76. The molecule has 0 unspecified atom stereocenters. The summed E-state index contributed by atoms with van der Waals surface area (Å²) in [5, 5.41) is 0. The van der Waals surface area contributed by atoms with Gasteiger partial charge in [0.25, 0.3) is 6.47 Å². The third-order valence-electron chi connectivity index (χ3n) is 1.33. The summed E-state index contributed by atoms with van der Waals surface area (Å²) in [5.41, 5.74) is 10.8. The van der Waals surface area contributed by atoms with Crippen molar-refractivity contribution in [3.63, 3.8) is 0 Å². The fraction of sp³-hybridized carbons (Fsp3) is 0.300. The van der Waals surface area contributed by atoms with Crippen LogP contribution in [0.3, 0.4) is 0 Å². The number of benzene rings is 1. The van der Waals surface area contributed by atoms with Crippen molar-refractivity contribution in [2.24, 2.45) is 11.5 Å². The zero-order valence-corrected chi connectivity index (χ0v) is 8.06. The van der Waals surface area contributed by atoms with E-state index >= 15 is 0 Å². The minimum atomic E-state index is 0.365. The summed E-state index contributed by atoms with van der Waals surface area (Å²) in [7, 11) is 0. The molecular weight excluding hydrogens is 180 g/mol. The monoisotopic (exact) mass is 196 g/mol. The molecule has 0 atom stereocenters. The van der Waals surface area contributed by atoms with Crippen molar-refractivity contribution in [3.8, 4) is 0 Å². The normalized spacial score (nSPS) is 8.43. The van der Waals surface area contributed by atoms with Gasteiger partial charge >= 0.3 is 0 Å². The van der Waals surface area contributed by atoms with Crippen molar-refractivity contribution in [2.45, 2.75) is 6.61 Å². The maximum atomic E-state index is 9.76. The van der Waals surface area contributed by atoms with Gasteiger partial charge in [-0.1, -0.05) is 30.3 Å². The molecule has 0 aliphatic rings. The highest BCUT2D eigenvalue weighted by molar-refractivity contribution is 5.37. The average Bonchev–Trinajstić information content (AvgIpc) is 2.28. The first kappa shape index (κ1) is 12.6. The van der Waals surface area contributed by atoms with Crippen LogP contribution in [0.1, 0.15) is 5.56 Å². The van der Waals surface area contributed by atoms with Gasteiger partial charge < -0.3 is 16.2 Å². The van der Waals surface area contributed by atoms with Crippen molar-refractivity contribution >= 4 is 6.47 Å². The van der Waals surface area contributed by atoms with E-state index in [4.69, 9.17) is 11.5 Å². The lowest BCUT2D eigenvalue weighted by Gasteiger charge is -1.95. The minimum Gasteiger partial charge on any atom is -0.463 e. The number of rotatable bonds is 4. The molecule has 0 saturated carbocycles. The summed E-state index contributed by atoms with van der Waals surface area (Å²) in [6.07, 6.45) is 0. The summed E-state index contributed by atoms with van der Waals surface area (Å²) >= 11 is 0. The minimum absolute atomic E-state index is 0.365. The van der Waals surface area contributed by atoms with E-state index in [0.29, 0.717) is 26.2 Å². The Morgan fingerprint density at radius 2 is 1.71 bits per heavy atom. The molecule has 4 N–H and O–H groups in total. The fourth-order valence-electron chi connectivity index (χ4n) is 0.704. The summed E-state index contributed by atoms with van der Waals surface area (Å²) < 4.78 is 4.54. The lowest BCUT2D eigenvalue weighted by molar-refractivity contribution is -0.129. The molecule has 4 heteroatoms. The van der Waals surface area contributed by atoms with Gasteiger partial charge in [-0.05, 0) is 5.56 Å². The molecule has 1 rings (SSSR count). The third kappa shape index (κ3) is 7.27. The van der Waals surface area contributed by atoms with Crippen LogP contribution in [0.2, 0.25) is 0 Å². The van der Waals surface area contributed by atoms with Gasteiger partial charge in [0, 0.05) is 13.1 Å². The molecule has 1 aromatic carbocycles. The molecule has 0 aliphatic carbocycles. The molecule has 4 nitrogen and oxygen atoms in total. The van der Waals surface area contributed by atoms with Crippen LogP contribution in [-0.4, -0.2) is 19.6 Å². The number of hydrogen-bond donors (Lipinski definition) is 2. The van der Waals surface area contributed by atoms with E-state index in [2.05, 4.69) is 4.74 Å². The Kier molecular flexibility index (Phi) is 8.73. The molecule has 0 spiro atoms. The smallest absolute Gasteiger partial charge is 0.293 e. The van der Waals surface area contributed by atoms with E-state index in [1.807, 2.05) is 30.3 Å². The molecule has 0 bridgehead atoms. The lowest BCUT2D eigenvalue weighted by atomic mass is 10.2. The van der Waals surface area contributed by atoms with E-state index < -0.39 is 0 Å². The Labute approximate surface area is 83.9 Å². The second-order valence-electron chi connectivity index (χ2n) is 2.47. The SMILES string of the molecule is NCCN.O=COCc1ccccc1. The zero-order valence-electron chi connectivity index (χ0n) is 8.06. The van der Waals surface area contributed by atoms with Crippen LogP contribution >= 0.6 is 0 Å². The van der Waals surface area contributed by atoms with E-state index in [-0.39, 0.29) is 0 Å². The first-order valence-electron chi connectivity index (χ1n) is 4.34. The van der Waals surface area contributed by atoms with Gasteiger partial charge in [0.2, 0.25) is 0 Å². The summed E-state index contributed by atoms with van der Waals surface area (Å²) in [6, 6.07) is 9.55. The molecule has 0 aliphatic heterocycles. The predicted molar refractivity (Wildman–Crippen MR) is 55.4 cm³/mol. The van der Waals surface area contributed by atoms with Crippen molar-refractivity contribution in [1.29, 1.82) is 0 Å². The number of ether oxygens (including phenoxy) is 1. The predicted octanol–water partition coefficient (Wildman–Crippen LogP) is 0.263. The largest absolute Gasteiger partial charge is 0.463 e.